The van der Waals surface area contributed by atoms with Crippen LogP contribution in [0, 0.1) is 33.5 Å². The summed E-state index contributed by atoms with van der Waals surface area (Å²) >= 11 is 0. The van der Waals surface area contributed by atoms with E-state index >= 15 is 0 Å². The van der Waals surface area contributed by atoms with Gasteiger partial charge < -0.3 is 62.0 Å². The number of hydrogen-bond donors (Lipinski definition) is 2. The molecule has 1 aromatic rings. The fourth-order valence-corrected chi connectivity index (χ4v) is 14.3. The molecule has 0 radical (unpaired) electrons. The Balaban J connectivity index is 1.48. The second-order valence-electron chi connectivity index (χ2n) is 18.7. The normalized spacial score (nSPS) is 49.1. The van der Waals surface area contributed by atoms with Gasteiger partial charge in [0.2, 0.25) is 12.2 Å². The number of fused-ring (bicyclic) bond motifs is 2. The Labute approximate surface area is 348 Å². The Morgan fingerprint density at radius 2 is 1.46 bits per heavy atom. The van der Waals surface area contributed by atoms with Gasteiger partial charge in [-0.05, 0) is 18.9 Å². The van der Waals surface area contributed by atoms with Crippen molar-refractivity contribution in [3.05, 3.63) is 24.2 Å². The van der Waals surface area contributed by atoms with Gasteiger partial charge in [-0.1, -0.05) is 27.7 Å². The minimum absolute atomic E-state index is 0.250. The van der Waals surface area contributed by atoms with Crippen molar-refractivity contribution in [1.82, 2.24) is 0 Å². The van der Waals surface area contributed by atoms with Crippen molar-refractivity contribution in [3.8, 4) is 0 Å². The molecule has 9 rings (SSSR count). The highest BCUT2D eigenvalue weighted by Gasteiger charge is 3.11. The SMILES string of the molecule is COC(=O)[C@H](OC(C)=O)[C@H]1[C@@]2(C)C[C@@]3(O)[C@@]1(C)[C@@]14OC5(C)O[C@@H]1[C@H](OC(C)=O)[C@]16C[C@]1([C@@H](OC(C)=O)C(=O)O[C@H]6c1ccoc1)[C@@]4(O5)C(OC(=O)C(C)C)[C@]3(O)[C@H]2OC(C)=O. The topological polar surface area (TPSA) is 265 Å². The summed E-state index contributed by atoms with van der Waals surface area (Å²) in [6, 6.07) is 1.50. The number of ether oxygens (including phenoxy) is 10. The summed E-state index contributed by atoms with van der Waals surface area (Å²) in [5, 5.41) is 28.0. The van der Waals surface area contributed by atoms with Gasteiger partial charge in [0.15, 0.2) is 17.3 Å². The number of rotatable bonds is 9. The quantitative estimate of drug-likeness (QED) is 0.257. The molecular weight excluding hydrogens is 812 g/mol. The maximum Gasteiger partial charge on any atom is 0.348 e. The van der Waals surface area contributed by atoms with Crippen LogP contribution >= 0.6 is 0 Å². The van der Waals surface area contributed by atoms with Crippen LogP contribution in [-0.2, 0) is 80.9 Å². The van der Waals surface area contributed by atoms with Gasteiger partial charge in [0, 0.05) is 56.9 Å². The van der Waals surface area contributed by atoms with Crippen LogP contribution in [0.25, 0.3) is 0 Å². The smallest absolute Gasteiger partial charge is 0.348 e. The Kier molecular flexibility index (Phi) is 8.26. The number of furan rings is 1. The van der Waals surface area contributed by atoms with Gasteiger partial charge in [0.25, 0.3) is 5.97 Å². The van der Waals surface area contributed by atoms with Crippen molar-refractivity contribution >= 4 is 41.8 Å². The van der Waals surface area contributed by atoms with Crippen LogP contribution in [0.5, 0.6) is 0 Å². The highest BCUT2D eigenvalue weighted by molar-refractivity contribution is 5.85. The van der Waals surface area contributed by atoms with E-state index in [0.717, 1.165) is 34.8 Å². The van der Waals surface area contributed by atoms with Crippen LogP contribution in [0.4, 0.5) is 0 Å². The molecule has 20 heteroatoms. The van der Waals surface area contributed by atoms with Gasteiger partial charge in [-0.2, -0.15) is 0 Å². The zero-order valence-corrected chi connectivity index (χ0v) is 35.1. The van der Waals surface area contributed by atoms with Gasteiger partial charge in [0.05, 0.1) is 36.4 Å². The number of cyclic esters (lactones) is 1. The molecule has 8 aliphatic rings. The maximum atomic E-state index is 14.8. The van der Waals surface area contributed by atoms with Crippen molar-refractivity contribution in [2.75, 3.05) is 7.11 Å². The highest BCUT2D eigenvalue weighted by atomic mass is 17.0. The summed E-state index contributed by atoms with van der Waals surface area (Å²) < 4.78 is 68.3. The number of methoxy groups -OCH3 is 1. The molecule has 5 saturated carbocycles. The molecule has 2 unspecified atom stereocenters. The molecular formula is C41H48O20. The van der Waals surface area contributed by atoms with Gasteiger partial charge in [-0.25, -0.2) is 9.59 Å². The van der Waals surface area contributed by atoms with Crippen LogP contribution in [0.15, 0.2) is 23.0 Å². The van der Waals surface area contributed by atoms with Crippen LogP contribution in [0.1, 0.15) is 86.8 Å². The van der Waals surface area contributed by atoms with E-state index in [9.17, 15) is 43.8 Å². The predicted molar refractivity (Wildman–Crippen MR) is 191 cm³/mol. The second kappa shape index (κ2) is 12.1. The van der Waals surface area contributed by atoms with Gasteiger partial charge in [0.1, 0.15) is 35.6 Å². The first kappa shape index (κ1) is 41.7. The van der Waals surface area contributed by atoms with Gasteiger partial charge >= 0.3 is 41.8 Å². The van der Waals surface area contributed by atoms with E-state index in [1.807, 2.05) is 0 Å². The first-order valence-electron chi connectivity index (χ1n) is 20.0. The molecule has 0 aromatic carbocycles. The van der Waals surface area contributed by atoms with Crippen LogP contribution < -0.4 is 0 Å². The number of hydrogen-bond acceptors (Lipinski definition) is 20. The predicted octanol–water partition coefficient (Wildman–Crippen LogP) is 0.854. The fraction of sp³-hybridized carbons (Fsp3) is 0.732. The average molecular weight is 861 g/mol. The average Bonchev–Trinajstić information content (AvgIpc) is 3.51. The zero-order chi connectivity index (χ0) is 44.6. The molecule has 2 N–H and O–H groups in total. The molecule has 1 spiro atoms. The first-order chi connectivity index (χ1) is 28.3. The Morgan fingerprint density at radius 3 is 2.02 bits per heavy atom. The Morgan fingerprint density at radius 1 is 0.820 bits per heavy atom. The van der Waals surface area contributed by atoms with E-state index in [2.05, 4.69) is 0 Å². The third kappa shape index (κ3) is 4.22. The monoisotopic (exact) mass is 860 g/mol. The largest absolute Gasteiger partial charge is 0.472 e. The second-order valence-corrected chi connectivity index (χ2v) is 18.7. The van der Waals surface area contributed by atoms with Crippen molar-refractivity contribution in [3.63, 3.8) is 0 Å². The number of aliphatic hydroxyl groups is 2. The standard InChI is InChI=1S/C41H48O20/c1-16(2)28(46)58-32-39(50)31(56-20(6)45)33(7)14-38(39,49)34(8,23(33)22(29(47)51-10)53-17(3)42)40-26-25(54-18(4)43)36-15-37(36,41(32,40)61-35(9,59-26)60-40)27(55-19(5)44)30(48)57-24(36)21-11-12-52-13-21/h11-13,16,22-27,31-32,49-50H,14-15H2,1-10H3/t22-,23+,24+,25+,26-,27+,31+,32?,33-,34+,35?,36-,37-,38-,39-,40+,41+/m1/s1. The zero-order valence-electron chi connectivity index (χ0n) is 35.1. The third-order valence-corrected chi connectivity index (χ3v) is 15.5. The van der Waals surface area contributed by atoms with Gasteiger partial charge in [-0.15, -0.1) is 0 Å². The van der Waals surface area contributed by atoms with E-state index in [1.165, 1.54) is 53.2 Å². The minimum Gasteiger partial charge on any atom is -0.472 e. The lowest BCUT2D eigenvalue weighted by Crippen LogP contribution is -2.97. The molecule has 3 aliphatic heterocycles. The highest BCUT2D eigenvalue weighted by Crippen LogP contribution is 2.95. The van der Waals surface area contributed by atoms with Crippen molar-refractivity contribution in [2.24, 2.45) is 33.5 Å². The summed E-state index contributed by atoms with van der Waals surface area (Å²) in [6.45, 7) is 11.5. The molecule has 4 heterocycles. The van der Waals surface area contributed by atoms with Crippen molar-refractivity contribution in [1.29, 1.82) is 0 Å². The minimum atomic E-state index is -2.97. The molecule has 17 atom stereocenters. The van der Waals surface area contributed by atoms with Crippen LogP contribution in [-0.4, -0.2) is 124 Å². The number of carbonyl (C=O) groups excluding carboxylic acids is 7. The third-order valence-electron chi connectivity index (χ3n) is 15.5. The van der Waals surface area contributed by atoms with E-state index in [0.29, 0.717) is 0 Å². The van der Waals surface area contributed by atoms with E-state index in [1.54, 1.807) is 0 Å². The molecule has 61 heavy (non-hydrogen) atoms. The van der Waals surface area contributed by atoms with Crippen LogP contribution in [0.3, 0.4) is 0 Å². The molecule has 8 fully saturated rings. The molecule has 20 nitrogen and oxygen atoms in total. The van der Waals surface area contributed by atoms with Crippen molar-refractivity contribution in [2.45, 2.75) is 146 Å². The molecule has 4 bridgehead atoms. The molecule has 0 amide bonds. The summed E-state index contributed by atoms with van der Waals surface area (Å²) in [7, 11) is 1.04. The Bertz CT molecular complexity index is 2190. The summed E-state index contributed by atoms with van der Waals surface area (Å²) in [6.07, 6.45) is -11.0. The maximum absolute atomic E-state index is 14.8. The van der Waals surface area contributed by atoms with E-state index in [4.69, 9.17) is 51.8 Å². The lowest BCUT2D eigenvalue weighted by molar-refractivity contribution is -0.455. The lowest BCUT2D eigenvalue weighted by Gasteiger charge is -2.76. The van der Waals surface area contributed by atoms with E-state index < -0.39 is 153 Å². The molecule has 3 saturated heterocycles. The Hall–Kier alpha value is -4.63. The fourth-order valence-electron chi connectivity index (χ4n) is 14.3. The first-order valence-corrected chi connectivity index (χ1v) is 20.0. The number of carbonyl (C=O) groups is 7. The number of esters is 7. The van der Waals surface area contributed by atoms with Crippen LogP contribution in [0.2, 0.25) is 0 Å². The van der Waals surface area contributed by atoms with E-state index in [-0.39, 0.29) is 12.0 Å². The summed E-state index contributed by atoms with van der Waals surface area (Å²) in [4.78, 5) is 96.2. The summed E-state index contributed by atoms with van der Waals surface area (Å²) in [5.74, 6) is -11.8. The van der Waals surface area contributed by atoms with Crippen molar-refractivity contribution < 1.29 is 95.6 Å². The lowest BCUT2D eigenvalue weighted by atomic mass is 9.33. The molecule has 332 valence electrons. The summed E-state index contributed by atoms with van der Waals surface area (Å²) in [5.41, 5.74) is -18.5. The van der Waals surface area contributed by atoms with Gasteiger partial charge in [-0.3, -0.25) is 24.0 Å². The molecule has 1 aromatic heterocycles. The molecule has 5 aliphatic carbocycles.